The van der Waals surface area contributed by atoms with E-state index in [1.807, 2.05) is 0 Å². The monoisotopic (exact) mass is 263 g/mol. The average Bonchev–Trinajstić information content (AvgIpc) is 2.07. The van der Waals surface area contributed by atoms with E-state index in [1.54, 1.807) is 13.0 Å². The third-order valence-corrected chi connectivity index (χ3v) is 2.67. The molecule has 0 radical (unpaired) electrons. The summed E-state index contributed by atoms with van der Waals surface area (Å²) in [6.45, 7) is 1.80. The summed E-state index contributed by atoms with van der Waals surface area (Å²) in [6, 6.07) is 3.20. The first-order chi connectivity index (χ1) is 6.06. The molecule has 3 nitrogen and oxygen atoms in total. The Balaban J connectivity index is 3.28. The number of nitrogens with zero attached hydrogens (tertiary/aromatic N) is 1. The number of hydrogen-bond donors (Lipinski definition) is 0. The van der Waals surface area contributed by atoms with E-state index in [-0.39, 0.29) is 5.69 Å². The van der Waals surface area contributed by atoms with Crippen LogP contribution in [0.4, 0.5) is 5.69 Å². The van der Waals surface area contributed by atoms with E-state index in [0.717, 1.165) is 11.1 Å². The van der Waals surface area contributed by atoms with Gasteiger partial charge >= 0.3 is 0 Å². The summed E-state index contributed by atoms with van der Waals surface area (Å²) in [7, 11) is 0. The van der Waals surface area contributed by atoms with Crippen LogP contribution in [0.5, 0.6) is 0 Å². The maximum atomic E-state index is 10.5. The lowest BCUT2D eigenvalue weighted by Gasteiger charge is -2.02. The van der Waals surface area contributed by atoms with Crippen molar-refractivity contribution >= 4 is 33.2 Å². The summed E-state index contributed by atoms with van der Waals surface area (Å²) in [5.41, 5.74) is 1.82. The second kappa shape index (κ2) is 4.07. The number of nitro groups is 1. The average molecular weight is 265 g/mol. The Bertz CT molecular complexity index is 354. The molecule has 1 aromatic carbocycles. The van der Waals surface area contributed by atoms with Crippen molar-refractivity contribution in [3.8, 4) is 0 Å². The smallest absolute Gasteiger partial charge is 0.258 e. The molecule has 0 heterocycles. The third kappa shape index (κ3) is 2.19. The van der Waals surface area contributed by atoms with E-state index in [2.05, 4.69) is 15.9 Å². The summed E-state index contributed by atoms with van der Waals surface area (Å²) in [4.78, 5) is 10.1. The molecule has 0 saturated heterocycles. The first-order valence-electron chi connectivity index (χ1n) is 3.55. The van der Waals surface area contributed by atoms with Crippen molar-refractivity contribution in [1.29, 1.82) is 0 Å². The van der Waals surface area contributed by atoms with Crippen LogP contribution in [0.15, 0.2) is 16.6 Å². The minimum Gasteiger partial charge on any atom is -0.258 e. The van der Waals surface area contributed by atoms with Crippen LogP contribution in [0.25, 0.3) is 0 Å². The zero-order chi connectivity index (χ0) is 10.0. The number of benzene rings is 1. The van der Waals surface area contributed by atoms with Gasteiger partial charge in [0.05, 0.1) is 9.40 Å². The predicted octanol–water partition coefficient (Wildman–Crippen LogP) is 3.40. The second-order valence-corrected chi connectivity index (χ2v) is 3.74. The molecule has 70 valence electrons. The highest BCUT2D eigenvalue weighted by molar-refractivity contribution is 9.10. The molecule has 0 aliphatic rings. The molecular weight excluding hydrogens is 257 g/mol. The van der Waals surface area contributed by atoms with Gasteiger partial charge in [-0.3, -0.25) is 10.1 Å². The first kappa shape index (κ1) is 10.5. The lowest BCUT2D eigenvalue weighted by molar-refractivity contribution is -0.385. The van der Waals surface area contributed by atoms with Gasteiger partial charge in [0.1, 0.15) is 0 Å². The molecule has 0 unspecified atom stereocenters. The van der Waals surface area contributed by atoms with Crippen LogP contribution in [0, 0.1) is 17.0 Å². The van der Waals surface area contributed by atoms with Crippen LogP contribution >= 0.6 is 27.5 Å². The maximum absolute atomic E-state index is 10.5. The summed E-state index contributed by atoms with van der Waals surface area (Å²) in [5.74, 6) is 0.364. The van der Waals surface area contributed by atoms with Gasteiger partial charge in [-0.25, -0.2) is 0 Å². The second-order valence-electron chi connectivity index (χ2n) is 2.62. The molecule has 0 aromatic heterocycles. The topological polar surface area (TPSA) is 43.1 Å². The summed E-state index contributed by atoms with van der Waals surface area (Å²) < 4.78 is 0.471. The fourth-order valence-electron chi connectivity index (χ4n) is 0.991. The Morgan fingerprint density at radius 1 is 1.62 bits per heavy atom. The number of nitro benzene ring substituents is 1. The maximum Gasteiger partial charge on any atom is 0.283 e. The number of aryl methyl sites for hydroxylation is 1. The molecule has 0 N–H and O–H groups in total. The van der Waals surface area contributed by atoms with E-state index in [4.69, 9.17) is 11.6 Å². The van der Waals surface area contributed by atoms with Crippen molar-refractivity contribution < 1.29 is 4.92 Å². The Labute approximate surface area is 89.0 Å². The molecule has 0 bridgehead atoms. The van der Waals surface area contributed by atoms with Gasteiger partial charge in [-0.1, -0.05) is 0 Å². The van der Waals surface area contributed by atoms with Gasteiger partial charge < -0.3 is 0 Å². The number of rotatable bonds is 2. The zero-order valence-corrected chi connectivity index (χ0v) is 9.22. The van der Waals surface area contributed by atoms with Crippen molar-refractivity contribution in [3.05, 3.63) is 37.8 Å². The largest absolute Gasteiger partial charge is 0.283 e. The minimum absolute atomic E-state index is 0.0753. The fourth-order valence-corrected chi connectivity index (χ4v) is 1.81. The van der Waals surface area contributed by atoms with Gasteiger partial charge in [0.25, 0.3) is 5.69 Å². The molecule has 0 amide bonds. The minimum atomic E-state index is -0.422. The van der Waals surface area contributed by atoms with Crippen molar-refractivity contribution in [2.45, 2.75) is 12.8 Å². The lowest BCUT2D eigenvalue weighted by Crippen LogP contribution is -1.93. The van der Waals surface area contributed by atoms with Crippen molar-refractivity contribution in [2.75, 3.05) is 0 Å². The molecule has 0 fully saturated rings. The van der Waals surface area contributed by atoms with E-state index in [0.29, 0.717) is 10.4 Å². The Morgan fingerprint density at radius 2 is 2.23 bits per heavy atom. The number of hydrogen-bond acceptors (Lipinski definition) is 2. The van der Waals surface area contributed by atoms with Crippen molar-refractivity contribution in [2.24, 2.45) is 0 Å². The fraction of sp³-hybridized carbons (Fsp3) is 0.250. The van der Waals surface area contributed by atoms with E-state index in [1.165, 1.54) is 6.07 Å². The highest BCUT2D eigenvalue weighted by atomic mass is 79.9. The quantitative estimate of drug-likeness (QED) is 0.467. The summed E-state index contributed by atoms with van der Waals surface area (Å²) in [6.07, 6.45) is 0. The molecule has 0 aliphatic carbocycles. The van der Waals surface area contributed by atoms with Crippen LogP contribution in [0.2, 0.25) is 0 Å². The van der Waals surface area contributed by atoms with Crippen LogP contribution in [0.3, 0.4) is 0 Å². The molecule has 0 spiro atoms. The number of halogens is 2. The van der Waals surface area contributed by atoms with Crippen LogP contribution in [0.1, 0.15) is 11.1 Å². The predicted molar refractivity (Wildman–Crippen MR) is 55.1 cm³/mol. The van der Waals surface area contributed by atoms with Crippen LogP contribution in [-0.2, 0) is 5.88 Å². The van der Waals surface area contributed by atoms with E-state index in [9.17, 15) is 10.1 Å². The van der Waals surface area contributed by atoms with Crippen molar-refractivity contribution in [3.63, 3.8) is 0 Å². The van der Waals surface area contributed by atoms with Gasteiger partial charge in [-0.2, -0.15) is 0 Å². The van der Waals surface area contributed by atoms with Gasteiger partial charge in [-0.15, -0.1) is 11.6 Å². The SMILES string of the molecule is Cc1cc([N+](=O)[O-])c(Br)cc1CCl. The van der Waals surface area contributed by atoms with E-state index >= 15 is 0 Å². The van der Waals surface area contributed by atoms with Gasteiger partial charge in [0.2, 0.25) is 0 Å². The molecule has 1 aromatic rings. The summed E-state index contributed by atoms with van der Waals surface area (Å²) >= 11 is 8.77. The number of alkyl halides is 1. The normalized spacial score (nSPS) is 10.1. The van der Waals surface area contributed by atoms with Gasteiger partial charge in [0.15, 0.2) is 0 Å². The molecule has 0 atom stereocenters. The van der Waals surface area contributed by atoms with Crippen molar-refractivity contribution in [1.82, 2.24) is 0 Å². The molecular formula is C8H7BrClNO2. The lowest BCUT2D eigenvalue weighted by atomic mass is 10.1. The molecule has 5 heteroatoms. The van der Waals surface area contributed by atoms with Gasteiger partial charge in [0, 0.05) is 11.9 Å². The highest BCUT2D eigenvalue weighted by Crippen LogP contribution is 2.28. The molecule has 0 saturated carbocycles. The first-order valence-corrected chi connectivity index (χ1v) is 4.88. The molecule has 1 rings (SSSR count). The Morgan fingerprint density at radius 3 is 2.69 bits per heavy atom. The molecule has 0 aliphatic heterocycles. The van der Waals surface area contributed by atoms with Crippen LogP contribution in [-0.4, -0.2) is 4.92 Å². The highest BCUT2D eigenvalue weighted by Gasteiger charge is 2.13. The van der Waals surface area contributed by atoms with Gasteiger partial charge in [-0.05, 0) is 40.0 Å². The van der Waals surface area contributed by atoms with Crippen LogP contribution < -0.4 is 0 Å². The molecule has 13 heavy (non-hydrogen) atoms. The zero-order valence-electron chi connectivity index (χ0n) is 6.88. The van der Waals surface area contributed by atoms with E-state index < -0.39 is 4.92 Å². The summed E-state index contributed by atoms with van der Waals surface area (Å²) in [5, 5.41) is 10.5. The standard InChI is InChI=1S/C8H7BrClNO2/c1-5-2-8(11(12)13)7(9)3-6(5)4-10/h2-3H,4H2,1H3. The Kier molecular flexibility index (Phi) is 3.27. The Hall–Kier alpha value is -0.610. The third-order valence-electron chi connectivity index (χ3n) is 1.75.